The van der Waals surface area contributed by atoms with Gasteiger partial charge in [-0.1, -0.05) is 17.7 Å². The predicted octanol–water partition coefficient (Wildman–Crippen LogP) is 2.65. The van der Waals surface area contributed by atoms with Gasteiger partial charge in [-0.3, -0.25) is 4.79 Å². The summed E-state index contributed by atoms with van der Waals surface area (Å²) >= 11 is 5.70. The van der Waals surface area contributed by atoms with E-state index < -0.39 is 0 Å². The Kier molecular flexibility index (Phi) is 6.00. The average Bonchev–Trinajstić information content (AvgIpc) is 2.54. The van der Waals surface area contributed by atoms with Crippen LogP contribution in [0.5, 0.6) is 0 Å². The summed E-state index contributed by atoms with van der Waals surface area (Å²) in [6.07, 6.45) is 2.68. The maximum Gasteiger partial charge on any atom is 0.409 e. The van der Waals surface area contributed by atoms with E-state index in [1.165, 1.54) is 0 Å². The first-order chi connectivity index (χ1) is 10.6. The van der Waals surface area contributed by atoms with Crippen molar-refractivity contribution in [1.82, 2.24) is 9.88 Å². The van der Waals surface area contributed by atoms with Crippen molar-refractivity contribution in [2.75, 3.05) is 19.7 Å². The molecule has 1 atom stereocenters. The highest BCUT2D eigenvalue weighted by Gasteiger charge is 2.30. The first-order valence-corrected chi connectivity index (χ1v) is 7.66. The molecule has 0 radical (unpaired) electrons. The molecular formula is C15H19ClN2O4. The minimum Gasteiger partial charge on any atom is -0.460 e. The van der Waals surface area contributed by atoms with Gasteiger partial charge in [0, 0.05) is 24.8 Å². The van der Waals surface area contributed by atoms with Crippen LogP contribution in [-0.4, -0.2) is 41.6 Å². The van der Waals surface area contributed by atoms with E-state index in [-0.39, 0.29) is 24.6 Å². The van der Waals surface area contributed by atoms with Crippen LogP contribution in [0.1, 0.15) is 25.3 Å². The number of halogens is 1. The Balaban J connectivity index is 1.83. The molecule has 1 amide bonds. The number of pyridine rings is 1. The summed E-state index contributed by atoms with van der Waals surface area (Å²) in [7, 11) is 0. The van der Waals surface area contributed by atoms with E-state index in [1.807, 2.05) is 0 Å². The second-order valence-corrected chi connectivity index (χ2v) is 5.47. The van der Waals surface area contributed by atoms with Crippen molar-refractivity contribution >= 4 is 23.7 Å². The SMILES string of the molecule is CCOC(=O)N1CCCC(C(=O)OCc2ccc(Cl)nc2)C1. The predicted molar refractivity (Wildman–Crippen MR) is 80.4 cm³/mol. The van der Waals surface area contributed by atoms with Crippen LogP contribution < -0.4 is 0 Å². The molecule has 7 heteroatoms. The van der Waals surface area contributed by atoms with Gasteiger partial charge in [-0.25, -0.2) is 9.78 Å². The molecule has 0 aliphatic carbocycles. The van der Waals surface area contributed by atoms with Gasteiger partial charge < -0.3 is 14.4 Å². The summed E-state index contributed by atoms with van der Waals surface area (Å²) in [6, 6.07) is 3.40. The molecule has 1 aromatic rings. The molecular weight excluding hydrogens is 308 g/mol. The Morgan fingerprint density at radius 2 is 2.23 bits per heavy atom. The largest absolute Gasteiger partial charge is 0.460 e. The van der Waals surface area contributed by atoms with E-state index in [4.69, 9.17) is 21.1 Å². The van der Waals surface area contributed by atoms with Gasteiger partial charge in [-0.2, -0.15) is 0 Å². The lowest BCUT2D eigenvalue weighted by Crippen LogP contribution is -2.43. The van der Waals surface area contributed by atoms with Crippen LogP contribution in [0.25, 0.3) is 0 Å². The number of amides is 1. The van der Waals surface area contributed by atoms with Crippen LogP contribution in [0.15, 0.2) is 18.3 Å². The van der Waals surface area contributed by atoms with E-state index in [9.17, 15) is 9.59 Å². The molecule has 1 aliphatic heterocycles. The quantitative estimate of drug-likeness (QED) is 0.628. The van der Waals surface area contributed by atoms with Gasteiger partial charge in [-0.05, 0) is 25.8 Å². The second-order valence-electron chi connectivity index (χ2n) is 5.08. The van der Waals surface area contributed by atoms with E-state index in [2.05, 4.69) is 4.98 Å². The zero-order valence-electron chi connectivity index (χ0n) is 12.5. The fourth-order valence-electron chi connectivity index (χ4n) is 2.31. The molecule has 0 aromatic carbocycles. The molecule has 1 aromatic heterocycles. The van der Waals surface area contributed by atoms with Crippen LogP contribution in [0.4, 0.5) is 4.79 Å². The minimum absolute atomic E-state index is 0.152. The minimum atomic E-state index is -0.373. The van der Waals surface area contributed by atoms with Crippen molar-refractivity contribution in [2.45, 2.75) is 26.4 Å². The lowest BCUT2D eigenvalue weighted by molar-refractivity contribution is -0.151. The number of nitrogens with zero attached hydrogens (tertiary/aromatic N) is 2. The van der Waals surface area contributed by atoms with Gasteiger partial charge in [0.25, 0.3) is 0 Å². The van der Waals surface area contributed by atoms with Gasteiger partial charge in [0.2, 0.25) is 0 Å². The number of hydrogen-bond acceptors (Lipinski definition) is 5. The maximum absolute atomic E-state index is 12.1. The maximum atomic E-state index is 12.1. The molecule has 0 N–H and O–H groups in total. The summed E-state index contributed by atoms with van der Waals surface area (Å²) in [6.45, 7) is 3.20. The lowest BCUT2D eigenvalue weighted by atomic mass is 9.98. The zero-order valence-corrected chi connectivity index (χ0v) is 13.2. The number of hydrogen-bond donors (Lipinski definition) is 0. The van der Waals surface area contributed by atoms with Crippen molar-refractivity contribution in [3.63, 3.8) is 0 Å². The van der Waals surface area contributed by atoms with Crippen molar-refractivity contribution < 1.29 is 19.1 Å². The number of esters is 1. The standard InChI is InChI=1S/C15H19ClN2O4/c1-2-21-15(20)18-7-3-4-12(9-18)14(19)22-10-11-5-6-13(16)17-8-11/h5-6,8,12H,2-4,7,9-10H2,1H3. The smallest absolute Gasteiger partial charge is 0.409 e. The molecule has 0 bridgehead atoms. The van der Waals surface area contributed by atoms with Gasteiger partial charge in [0.05, 0.1) is 12.5 Å². The van der Waals surface area contributed by atoms with Crippen molar-refractivity contribution in [3.05, 3.63) is 29.0 Å². The van der Waals surface area contributed by atoms with Crippen LogP contribution in [-0.2, 0) is 20.9 Å². The fraction of sp³-hybridized carbons (Fsp3) is 0.533. The van der Waals surface area contributed by atoms with Gasteiger partial charge >= 0.3 is 12.1 Å². The fourth-order valence-corrected chi connectivity index (χ4v) is 2.43. The number of rotatable bonds is 4. The van der Waals surface area contributed by atoms with Crippen LogP contribution in [0.3, 0.4) is 0 Å². The second kappa shape index (κ2) is 7.98. The first-order valence-electron chi connectivity index (χ1n) is 7.29. The molecule has 0 spiro atoms. The Morgan fingerprint density at radius 3 is 2.91 bits per heavy atom. The van der Waals surface area contributed by atoms with Crippen molar-refractivity contribution in [2.24, 2.45) is 5.92 Å². The van der Waals surface area contributed by atoms with E-state index >= 15 is 0 Å². The highest BCUT2D eigenvalue weighted by molar-refractivity contribution is 6.29. The molecule has 2 heterocycles. The van der Waals surface area contributed by atoms with Crippen LogP contribution in [0.2, 0.25) is 5.15 Å². The monoisotopic (exact) mass is 326 g/mol. The molecule has 1 fully saturated rings. The average molecular weight is 327 g/mol. The highest BCUT2D eigenvalue weighted by atomic mass is 35.5. The number of ether oxygens (including phenoxy) is 2. The summed E-state index contributed by atoms with van der Waals surface area (Å²) in [5, 5.41) is 0.396. The first kappa shape index (κ1) is 16.5. The molecule has 0 saturated carbocycles. The normalized spacial score (nSPS) is 17.9. The third-order valence-electron chi connectivity index (χ3n) is 3.45. The molecule has 1 saturated heterocycles. The third-order valence-corrected chi connectivity index (χ3v) is 3.67. The summed E-state index contributed by atoms with van der Waals surface area (Å²) < 4.78 is 10.3. The van der Waals surface area contributed by atoms with Crippen LogP contribution >= 0.6 is 11.6 Å². The third kappa shape index (κ3) is 4.59. The Morgan fingerprint density at radius 1 is 1.41 bits per heavy atom. The van der Waals surface area contributed by atoms with Gasteiger partial charge in [0.15, 0.2) is 0 Å². The molecule has 22 heavy (non-hydrogen) atoms. The van der Waals surface area contributed by atoms with E-state index in [1.54, 1.807) is 30.2 Å². The molecule has 6 nitrogen and oxygen atoms in total. The lowest BCUT2D eigenvalue weighted by Gasteiger charge is -2.30. The molecule has 2 rings (SSSR count). The van der Waals surface area contributed by atoms with Gasteiger partial charge in [-0.15, -0.1) is 0 Å². The van der Waals surface area contributed by atoms with Crippen LogP contribution in [0, 0.1) is 5.92 Å². The Labute approximate surface area is 134 Å². The number of likely N-dealkylation sites (tertiary alicyclic amines) is 1. The van der Waals surface area contributed by atoms with Crippen molar-refractivity contribution in [3.8, 4) is 0 Å². The molecule has 1 aliphatic rings. The molecule has 120 valence electrons. The summed E-state index contributed by atoms with van der Waals surface area (Å²) in [5.41, 5.74) is 0.774. The number of piperidine rings is 1. The Bertz CT molecular complexity index is 521. The number of aromatic nitrogens is 1. The summed E-state index contributed by atoms with van der Waals surface area (Å²) in [5.74, 6) is -0.609. The summed E-state index contributed by atoms with van der Waals surface area (Å²) in [4.78, 5) is 29.3. The van der Waals surface area contributed by atoms with E-state index in [0.29, 0.717) is 31.3 Å². The Hall–Kier alpha value is -1.82. The highest BCUT2D eigenvalue weighted by Crippen LogP contribution is 2.19. The van der Waals surface area contributed by atoms with Crippen molar-refractivity contribution in [1.29, 1.82) is 0 Å². The number of carbonyl (C=O) groups is 2. The molecule has 1 unspecified atom stereocenters. The zero-order chi connectivity index (χ0) is 15.9. The van der Waals surface area contributed by atoms with Gasteiger partial charge in [0.1, 0.15) is 11.8 Å². The number of carbonyl (C=O) groups excluding carboxylic acids is 2. The van der Waals surface area contributed by atoms with E-state index in [0.717, 1.165) is 12.0 Å². The topological polar surface area (TPSA) is 68.7 Å².